The van der Waals surface area contributed by atoms with Gasteiger partial charge in [-0.3, -0.25) is 9.69 Å². The highest BCUT2D eigenvalue weighted by molar-refractivity contribution is 5.95. The highest BCUT2D eigenvalue weighted by Gasteiger charge is 2.36. The van der Waals surface area contributed by atoms with Crippen LogP contribution in [0.4, 0.5) is 5.69 Å². The van der Waals surface area contributed by atoms with E-state index in [2.05, 4.69) is 11.8 Å². The smallest absolute Gasteiger partial charge is 0.254 e. The van der Waals surface area contributed by atoms with E-state index < -0.39 is 0 Å². The number of fused-ring (bicyclic) bond motifs is 1. The summed E-state index contributed by atoms with van der Waals surface area (Å²) in [6.07, 6.45) is 2.44. The van der Waals surface area contributed by atoms with Gasteiger partial charge in [0.15, 0.2) is 0 Å². The maximum absolute atomic E-state index is 12.8. The monoisotopic (exact) mass is 289 g/mol. The molecule has 0 aromatic heterocycles. The molecular formula is C16H23N3O2. The van der Waals surface area contributed by atoms with Crippen LogP contribution in [-0.2, 0) is 0 Å². The number of nitrogens with two attached hydrogens (primary N) is 1. The van der Waals surface area contributed by atoms with Crippen LogP contribution in [0.25, 0.3) is 0 Å². The zero-order valence-electron chi connectivity index (χ0n) is 12.7. The Morgan fingerprint density at radius 1 is 1.38 bits per heavy atom. The number of anilines is 1. The van der Waals surface area contributed by atoms with E-state index >= 15 is 0 Å². The SMILES string of the molecule is COc1ccc(C(=O)N2CC3CCCN3CC2C)cc1N. The Labute approximate surface area is 125 Å². The highest BCUT2D eigenvalue weighted by Crippen LogP contribution is 2.27. The van der Waals surface area contributed by atoms with E-state index in [0.717, 1.165) is 13.1 Å². The minimum absolute atomic E-state index is 0.0726. The number of nitrogens with zero attached hydrogens (tertiary/aromatic N) is 2. The van der Waals surface area contributed by atoms with Crippen molar-refractivity contribution in [2.24, 2.45) is 0 Å². The predicted octanol–water partition coefficient (Wildman–Crippen LogP) is 1.59. The molecule has 0 bridgehead atoms. The molecular weight excluding hydrogens is 266 g/mol. The Morgan fingerprint density at radius 3 is 2.90 bits per heavy atom. The summed E-state index contributed by atoms with van der Waals surface area (Å²) in [5, 5.41) is 0. The van der Waals surface area contributed by atoms with Crippen molar-refractivity contribution in [1.29, 1.82) is 0 Å². The van der Waals surface area contributed by atoms with Crippen LogP contribution in [0.2, 0.25) is 0 Å². The summed E-state index contributed by atoms with van der Waals surface area (Å²) in [5.74, 6) is 0.684. The summed E-state index contributed by atoms with van der Waals surface area (Å²) >= 11 is 0. The van der Waals surface area contributed by atoms with Crippen molar-refractivity contribution in [1.82, 2.24) is 9.80 Å². The fourth-order valence-electron chi connectivity index (χ4n) is 3.50. The van der Waals surface area contributed by atoms with Gasteiger partial charge in [-0.25, -0.2) is 0 Å². The third-order valence-corrected chi connectivity index (χ3v) is 4.67. The first-order chi connectivity index (χ1) is 10.1. The average molecular weight is 289 g/mol. The zero-order chi connectivity index (χ0) is 15.0. The number of hydrogen-bond acceptors (Lipinski definition) is 4. The zero-order valence-corrected chi connectivity index (χ0v) is 12.7. The van der Waals surface area contributed by atoms with Crippen molar-refractivity contribution in [3.8, 4) is 5.75 Å². The first kappa shape index (κ1) is 14.2. The Kier molecular flexibility index (Phi) is 3.76. The van der Waals surface area contributed by atoms with Crippen molar-refractivity contribution >= 4 is 11.6 Å². The van der Waals surface area contributed by atoms with Gasteiger partial charge in [-0.15, -0.1) is 0 Å². The molecule has 2 heterocycles. The molecule has 2 fully saturated rings. The number of benzene rings is 1. The number of methoxy groups -OCH3 is 1. The normalized spacial score (nSPS) is 25.7. The lowest BCUT2D eigenvalue weighted by molar-refractivity contribution is 0.0395. The number of rotatable bonds is 2. The van der Waals surface area contributed by atoms with Crippen LogP contribution in [0.15, 0.2) is 18.2 Å². The number of ether oxygens (including phenoxy) is 1. The Morgan fingerprint density at radius 2 is 2.19 bits per heavy atom. The van der Waals surface area contributed by atoms with Gasteiger partial charge in [-0.1, -0.05) is 0 Å². The van der Waals surface area contributed by atoms with Crippen LogP contribution in [0, 0.1) is 0 Å². The van der Waals surface area contributed by atoms with E-state index in [4.69, 9.17) is 10.5 Å². The Bertz CT molecular complexity index is 546. The number of amides is 1. The minimum atomic E-state index is 0.0726. The fraction of sp³-hybridized carbons (Fsp3) is 0.562. The number of hydrogen-bond donors (Lipinski definition) is 1. The second-order valence-electron chi connectivity index (χ2n) is 6.05. The maximum Gasteiger partial charge on any atom is 0.254 e. The summed E-state index contributed by atoms with van der Waals surface area (Å²) in [5.41, 5.74) is 7.07. The molecule has 0 spiro atoms. The Hall–Kier alpha value is -1.75. The van der Waals surface area contributed by atoms with E-state index in [1.165, 1.54) is 19.4 Å². The molecule has 2 N–H and O–H groups in total. The molecule has 0 radical (unpaired) electrons. The van der Waals surface area contributed by atoms with Gasteiger partial charge >= 0.3 is 0 Å². The maximum atomic E-state index is 12.8. The van der Waals surface area contributed by atoms with Gasteiger partial charge in [0.05, 0.1) is 12.8 Å². The summed E-state index contributed by atoms with van der Waals surface area (Å²) < 4.78 is 5.15. The molecule has 2 aliphatic heterocycles. The molecule has 1 amide bonds. The average Bonchev–Trinajstić information content (AvgIpc) is 2.92. The number of nitrogen functional groups attached to an aromatic ring is 1. The third-order valence-electron chi connectivity index (χ3n) is 4.67. The quantitative estimate of drug-likeness (QED) is 0.840. The van der Waals surface area contributed by atoms with Crippen molar-refractivity contribution in [3.05, 3.63) is 23.8 Å². The third kappa shape index (κ3) is 2.58. The lowest BCUT2D eigenvalue weighted by Crippen LogP contribution is -2.56. The van der Waals surface area contributed by atoms with Gasteiger partial charge in [-0.05, 0) is 44.5 Å². The number of carbonyl (C=O) groups is 1. The van der Waals surface area contributed by atoms with Gasteiger partial charge in [0, 0.05) is 30.7 Å². The minimum Gasteiger partial charge on any atom is -0.495 e. The van der Waals surface area contributed by atoms with Crippen LogP contribution in [0.5, 0.6) is 5.75 Å². The second kappa shape index (κ2) is 5.56. The van der Waals surface area contributed by atoms with Gasteiger partial charge in [0.25, 0.3) is 5.91 Å². The van der Waals surface area contributed by atoms with Crippen LogP contribution in [0.3, 0.4) is 0 Å². The molecule has 1 aromatic carbocycles. The molecule has 1 aromatic rings. The van der Waals surface area contributed by atoms with Crippen molar-refractivity contribution in [3.63, 3.8) is 0 Å². The molecule has 2 saturated heterocycles. The van der Waals surface area contributed by atoms with E-state index in [9.17, 15) is 4.79 Å². The molecule has 2 atom stereocenters. The number of piperazine rings is 1. The van der Waals surface area contributed by atoms with Gasteiger partial charge in [0.1, 0.15) is 5.75 Å². The molecule has 114 valence electrons. The van der Waals surface area contributed by atoms with Crippen molar-refractivity contribution in [2.75, 3.05) is 32.5 Å². The molecule has 5 nitrogen and oxygen atoms in total. The topological polar surface area (TPSA) is 58.8 Å². The van der Waals surface area contributed by atoms with E-state index in [1.807, 2.05) is 4.90 Å². The standard InChI is InChI=1S/C16H23N3O2/c1-11-9-18-7-3-4-13(18)10-19(11)16(20)12-5-6-15(21-2)14(17)8-12/h5-6,8,11,13H,3-4,7,9-10,17H2,1-2H3. The molecule has 2 unspecified atom stereocenters. The van der Waals surface area contributed by atoms with Crippen molar-refractivity contribution in [2.45, 2.75) is 31.8 Å². The summed E-state index contributed by atoms with van der Waals surface area (Å²) in [6.45, 7) is 5.10. The summed E-state index contributed by atoms with van der Waals surface area (Å²) in [6, 6.07) is 6.05. The van der Waals surface area contributed by atoms with Crippen LogP contribution >= 0.6 is 0 Å². The molecule has 3 rings (SSSR count). The first-order valence-corrected chi connectivity index (χ1v) is 7.58. The fourth-order valence-corrected chi connectivity index (χ4v) is 3.50. The second-order valence-corrected chi connectivity index (χ2v) is 6.05. The van der Waals surface area contributed by atoms with E-state index in [-0.39, 0.29) is 11.9 Å². The van der Waals surface area contributed by atoms with E-state index in [0.29, 0.717) is 23.0 Å². The molecule has 21 heavy (non-hydrogen) atoms. The van der Waals surface area contributed by atoms with Gasteiger partial charge in [0.2, 0.25) is 0 Å². The summed E-state index contributed by atoms with van der Waals surface area (Å²) in [7, 11) is 1.58. The van der Waals surface area contributed by atoms with Gasteiger partial charge in [-0.2, -0.15) is 0 Å². The van der Waals surface area contributed by atoms with Crippen molar-refractivity contribution < 1.29 is 9.53 Å². The molecule has 0 saturated carbocycles. The predicted molar refractivity (Wildman–Crippen MR) is 82.5 cm³/mol. The molecule has 2 aliphatic rings. The van der Waals surface area contributed by atoms with Crippen LogP contribution in [0.1, 0.15) is 30.1 Å². The number of carbonyl (C=O) groups excluding carboxylic acids is 1. The first-order valence-electron chi connectivity index (χ1n) is 7.58. The van der Waals surface area contributed by atoms with Crippen LogP contribution in [-0.4, -0.2) is 54.5 Å². The molecule has 0 aliphatic carbocycles. The lowest BCUT2D eigenvalue weighted by atomic mass is 10.1. The van der Waals surface area contributed by atoms with Gasteiger partial charge < -0.3 is 15.4 Å². The van der Waals surface area contributed by atoms with E-state index in [1.54, 1.807) is 25.3 Å². The highest BCUT2D eigenvalue weighted by atomic mass is 16.5. The Balaban J connectivity index is 1.79. The largest absolute Gasteiger partial charge is 0.495 e. The summed E-state index contributed by atoms with van der Waals surface area (Å²) in [4.78, 5) is 17.3. The van der Waals surface area contributed by atoms with Crippen LogP contribution < -0.4 is 10.5 Å². The lowest BCUT2D eigenvalue weighted by Gasteiger charge is -2.42. The molecule has 5 heteroatoms.